The second kappa shape index (κ2) is 8.55. The van der Waals surface area contributed by atoms with Crippen molar-refractivity contribution in [2.75, 3.05) is 11.4 Å². The molecule has 1 saturated heterocycles. The normalized spacial score (nSPS) is 15.9. The van der Waals surface area contributed by atoms with Gasteiger partial charge in [-0.3, -0.25) is 9.59 Å². The highest BCUT2D eigenvalue weighted by Crippen LogP contribution is 2.30. The first kappa shape index (κ1) is 20.4. The number of aryl methyl sites for hydroxylation is 1. The summed E-state index contributed by atoms with van der Waals surface area (Å²) in [6, 6.07) is 19.1. The predicted octanol–water partition coefficient (Wildman–Crippen LogP) is 3.41. The zero-order valence-electron chi connectivity index (χ0n) is 17.7. The van der Waals surface area contributed by atoms with Crippen LogP contribution >= 0.6 is 11.3 Å². The third kappa shape index (κ3) is 3.78. The van der Waals surface area contributed by atoms with Crippen molar-refractivity contribution in [3.63, 3.8) is 0 Å². The van der Waals surface area contributed by atoms with E-state index >= 15 is 0 Å². The van der Waals surface area contributed by atoms with Gasteiger partial charge in [-0.2, -0.15) is 4.52 Å². The number of carbonyl (C=O) groups is 1. The van der Waals surface area contributed by atoms with E-state index in [-0.39, 0.29) is 17.5 Å². The number of carbonyl (C=O) groups excluding carboxylic acids is 1. The molecule has 1 atom stereocenters. The van der Waals surface area contributed by atoms with Gasteiger partial charge in [-0.1, -0.05) is 72.0 Å². The molecule has 1 amide bonds. The number of anilines is 1. The van der Waals surface area contributed by atoms with Crippen molar-refractivity contribution in [3.05, 3.63) is 82.3 Å². The molecule has 0 bridgehead atoms. The molecule has 4 aromatic rings. The van der Waals surface area contributed by atoms with Gasteiger partial charge in [-0.25, -0.2) is 4.98 Å². The van der Waals surface area contributed by atoms with Gasteiger partial charge in [-0.15, -0.1) is 5.10 Å². The number of fused-ring (bicyclic) bond motifs is 1. The average Bonchev–Trinajstić information content (AvgIpc) is 3.46. The molecule has 0 radical (unpaired) electrons. The topological polar surface area (TPSA) is 79.6 Å². The van der Waals surface area contributed by atoms with Crippen molar-refractivity contribution in [2.24, 2.45) is 0 Å². The summed E-state index contributed by atoms with van der Waals surface area (Å²) < 4.78 is 1.37. The molecule has 1 aliphatic rings. The number of hydrogen-bond acceptors (Lipinski definition) is 6. The minimum atomic E-state index is -0.301. The highest BCUT2D eigenvalue weighted by molar-refractivity contribution is 7.20. The lowest BCUT2D eigenvalue weighted by Gasteiger charge is -2.22. The van der Waals surface area contributed by atoms with Crippen LogP contribution in [0.25, 0.3) is 16.1 Å². The standard InChI is InChI=1S/C24H23N5O2S/c1-16-20(18-11-6-3-7-12-18)22(31)29-23(26-16)32-24(27-29)28-14-8-13-19(28)21(30)25-15-17-9-4-2-5-10-17/h2-7,9-12,19H,8,13-15H2,1H3,(H,25,30). The maximum Gasteiger partial charge on any atom is 0.283 e. The summed E-state index contributed by atoms with van der Waals surface area (Å²) >= 11 is 1.35. The van der Waals surface area contributed by atoms with Crippen LogP contribution in [-0.2, 0) is 11.3 Å². The summed E-state index contributed by atoms with van der Waals surface area (Å²) in [4.78, 5) is 33.3. The number of rotatable bonds is 5. The summed E-state index contributed by atoms with van der Waals surface area (Å²) in [5.74, 6) is -0.0212. The summed E-state index contributed by atoms with van der Waals surface area (Å²) in [6.45, 7) is 3.06. The van der Waals surface area contributed by atoms with Crippen molar-refractivity contribution in [1.82, 2.24) is 19.9 Å². The molecule has 3 heterocycles. The van der Waals surface area contributed by atoms with Gasteiger partial charge < -0.3 is 10.2 Å². The minimum Gasteiger partial charge on any atom is -0.350 e. The average molecular weight is 446 g/mol. The Morgan fingerprint density at radius 1 is 1.12 bits per heavy atom. The lowest BCUT2D eigenvalue weighted by Crippen LogP contribution is -2.43. The van der Waals surface area contributed by atoms with Gasteiger partial charge in [0.1, 0.15) is 6.04 Å². The van der Waals surface area contributed by atoms with E-state index in [1.165, 1.54) is 15.9 Å². The molecule has 1 N–H and O–H groups in total. The van der Waals surface area contributed by atoms with Gasteiger partial charge in [0.05, 0.1) is 11.3 Å². The zero-order chi connectivity index (χ0) is 22.1. The van der Waals surface area contributed by atoms with Gasteiger partial charge in [0, 0.05) is 13.1 Å². The summed E-state index contributed by atoms with van der Waals surface area (Å²) in [5.41, 5.74) is 2.93. The smallest absolute Gasteiger partial charge is 0.283 e. The van der Waals surface area contributed by atoms with Gasteiger partial charge in [0.25, 0.3) is 5.56 Å². The molecule has 0 saturated carbocycles. The number of amides is 1. The molecule has 1 fully saturated rings. The summed E-state index contributed by atoms with van der Waals surface area (Å²) in [7, 11) is 0. The van der Waals surface area contributed by atoms with Crippen LogP contribution in [0.3, 0.4) is 0 Å². The molecule has 162 valence electrons. The van der Waals surface area contributed by atoms with Crippen LogP contribution in [0.4, 0.5) is 5.13 Å². The first-order valence-electron chi connectivity index (χ1n) is 10.7. The van der Waals surface area contributed by atoms with Crippen molar-refractivity contribution in [2.45, 2.75) is 32.4 Å². The highest BCUT2D eigenvalue weighted by Gasteiger charge is 2.33. The molecule has 1 aliphatic heterocycles. The molecule has 2 aromatic carbocycles. The van der Waals surface area contributed by atoms with Crippen molar-refractivity contribution in [1.29, 1.82) is 0 Å². The Bertz CT molecular complexity index is 1320. The third-order valence-corrected chi connectivity index (χ3v) is 6.70. The van der Waals surface area contributed by atoms with Crippen molar-refractivity contribution in [3.8, 4) is 11.1 Å². The Hall–Kier alpha value is -3.52. The molecule has 7 nitrogen and oxygen atoms in total. The van der Waals surface area contributed by atoms with E-state index in [0.717, 1.165) is 30.5 Å². The Labute approximate surface area is 189 Å². The fourth-order valence-corrected chi connectivity index (χ4v) is 5.17. The Balaban J connectivity index is 1.43. The van der Waals surface area contributed by atoms with Crippen molar-refractivity contribution >= 4 is 27.3 Å². The first-order chi connectivity index (χ1) is 15.6. The molecule has 8 heteroatoms. The van der Waals surface area contributed by atoms with E-state index in [2.05, 4.69) is 15.4 Å². The van der Waals surface area contributed by atoms with Crippen LogP contribution in [-0.4, -0.2) is 33.1 Å². The number of benzene rings is 2. The van der Waals surface area contributed by atoms with Crippen LogP contribution in [0.1, 0.15) is 24.1 Å². The van der Waals surface area contributed by atoms with Crippen LogP contribution in [0.15, 0.2) is 65.5 Å². The van der Waals surface area contributed by atoms with Crippen LogP contribution in [0.5, 0.6) is 0 Å². The third-order valence-electron chi connectivity index (χ3n) is 5.75. The van der Waals surface area contributed by atoms with Crippen LogP contribution in [0, 0.1) is 6.92 Å². The second-order valence-electron chi connectivity index (χ2n) is 7.88. The van der Waals surface area contributed by atoms with Gasteiger partial charge >= 0.3 is 0 Å². The van der Waals surface area contributed by atoms with E-state index in [1.54, 1.807) is 0 Å². The molecule has 1 unspecified atom stereocenters. The monoisotopic (exact) mass is 445 g/mol. The Morgan fingerprint density at radius 3 is 2.59 bits per heavy atom. The maximum atomic E-state index is 13.2. The van der Waals surface area contributed by atoms with Gasteiger partial charge in [0.2, 0.25) is 16.0 Å². The minimum absolute atomic E-state index is 0.0212. The Kier molecular flexibility index (Phi) is 5.45. The first-order valence-corrected chi connectivity index (χ1v) is 11.5. The summed E-state index contributed by atoms with van der Waals surface area (Å²) in [6.07, 6.45) is 1.66. The number of nitrogens with one attached hydrogen (secondary N) is 1. The fourth-order valence-electron chi connectivity index (χ4n) is 4.16. The number of aromatic nitrogens is 3. The van der Waals surface area contributed by atoms with E-state index < -0.39 is 0 Å². The zero-order valence-corrected chi connectivity index (χ0v) is 18.5. The quantitative estimate of drug-likeness (QED) is 0.509. The Morgan fingerprint density at radius 2 is 1.84 bits per heavy atom. The number of nitrogens with zero attached hydrogens (tertiary/aromatic N) is 4. The molecule has 32 heavy (non-hydrogen) atoms. The molecular formula is C24H23N5O2S. The lowest BCUT2D eigenvalue weighted by atomic mass is 10.1. The number of hydrogen-bond donors (Lipinski definition) is 1. The van der Waals surface area contributed by atoms with Crippen molar-refractivity contribution < 1.29 is 4.79 Å². The summed E-state index contributed by atoms with van der Waals surface area (Å²) in [5, 5.41) is 8.27. The predicted molar refractivity (Wildman–Crippen MR) is 126 cm³/mol. The largest absolute Gasteiger partial charge is 0.350 e. The van der Waals surface area contributed by atoms with Crippen LogP contribution in [0.2, 0.25) is 0 Å². The van der Waals surface area contributed by atoms with Crippen LogP contribution < -0.4 is 15.8 Å². The maximum absolute atomic E-state index is 13.2. The lowest BCUT2D eigenvalue weighted by molar-refractivity contribution is -0.122. The van der Waals surface area contributed by atoms with E-state index in [9.17, 15) is 9.59 Å². The second-order valence-corrected chi connectivity index (χ2v) is 8.81. The fraction of sp³-hybridized carbons (Fsp3) is 0.250. The van der Waals surface area contributed by atoms with E-state index in [1.807, 2.05) is 72.5 Å². The molecule has 2 aromatic heterocycles. The molecule has 0 aliphatic carbocycles. The highest BCUT2D eigenvalue weighted by atomic mass is 32.1. The van der Waals surface area contributed by atoms with Gasteiger partial charge in [-0.05, 0) is 30.9 Å². The molecule has 5 rings (SSSR count). The van der Waals surface area contributed by atoms with E-state index in [4.69, 9.17) is 0 Å². The van der Waals surface area contributed by atoms with E-state index in [0.29, 0.717) is 27.9 Å². The van der Waals surface area contributed by atoms with Gasteiger partial charge in [0.15, 0.2) is 0 Å². The SMILES string of the molecule is Cc1nc2sc(N3CCCC3C(=O)NCc3ccccc3)nn2c(=O)c1-c1ccccc1. The molecular weight excluding hydrogens is 422 g/mol. The molecule has 0 spiro atoms.